The molecule has 0 amide bonds. The molecule has 1 atom stereocenters. The van der Waals surface area contributed by atoms with Crippen molar-refractivity contribution in [2.45, 2.75) is 26.3 Å². The highest BCUT2D eigenvalue weighted by Gasteiger charge is 2.23. The van der Waals surface area contributed by atoms with Crippen molar-refractivity contribution in [3.05, 3.63) is 11.2 Å². The quantitative estimate of drug-likeness (QED) is 0.920. The molecular formula is C13H22ClN5. The van der Waals surface area contributed by atoms with Gasteiger partial charge in [0.1, 0.15) is 5.02 Å². The third-order valence-electron chi connectivity index (χ3n) is 3.38. The summed E-state index contributed by atoms with van der Waals surface area (Å²) in [4.78, 5) is 13.4. The van der Waals surface area contributed by atoms with Crippen LogP contribution in [0.15, 0.2) is 6.20 Å². The maximum absolute atomic E-state index is 6.28. The average Bonchev–Trinajstić information content (AvgIpc) is 2.53. The summed E-state index contributed by atoms with van der Waals surface area (Å²) in [5.41, 5.74) is 0. The predicted octanol–water partition coefficient (Wildman–Crippen LogP) is 2.09. The monoisotopic (exact) mass is 283 g/mol. The van der Waals surface area contributed by atoms with Crippen molar-refractivity contribution in [1.29, 1.82) is 0 Å². The summed E-state index contributed by atoms with van der Waals surface area (Å²) in [5, 5.41) is 3.76. The molecule has 19 heavy (non-hydrogen) atoms. The van der Waals surface area contributed by atoms with E-state index in [-0.39, 0.29) is 0 Å². The highest BCUT2D eigenvalue weighted by molar-refractivity contribution is 6.32. The Kier molecular flexibility index (Phi) is 4.82. The molecule has 1 aromatic heterocycles. The molecular weight excluding hydrogens is 262 g/mol. The van der Waals surface area contributed by atoms with Gasteiger partial charge in [-0.1, -0.05) is 11.6 Å². The van der Waals surface area contributed by atoms with E-state index in [2.05, 4.69) is 39.1 Å². The number of anilines is 2. The van der Waals surface area contributed by atoms with Crippen LogP contribution in [0.4, 0.5) is 11.8 Å². The SMILES string of the molecule is CCNc1ncc(Cl)c(N2CCCN(C)CC2C)n1. The maximum Gasteiger partial charge on any atom is 0.224 e. The van der Waals surface area contributed by atoms with E-state index in [0.717, 1.165) is 38.4 Å². The van der Waals surface area contributed by atoms with Crippen LogP contribution in [0.2, 0.25) is 5.02 Å². The lowest BCUT2D eigenvalue weighted by Crippen LogP contribution is -2.38. The summed E-state index contributed by atoms with van der Waals surface area (Å²) >= 11 is 6.28. The topological polar surface area (TPSA) is 44.3 Å². The molecule has 6 heteroatoms. The zero-order chi connectivity index (χ0) is 13.8. The minimum atomic E-state index is 0.398. The second kappa shape index (κ2) is 6.39. The van der Waals surface area contributed by atoms with Gasteiger partial charge in [0.25, 0.3) is 0 Å². The highest BCUT2D eigenvalue weighted by atomic mass is 35.5. The average molecular weight is 284 g/mol. The molecule has 1 N–H and O–H groups in total. The third-order valence-corrected chi connectivity index (χ3v) is 3.65. The smallest absolute Gasteiger partial charge is 0.224 e. The Morgan fingerprint density at radius 3 is 3.00 bits per heavy atom. The first-order valence-electron chi connectivity index (χ1n) is 6.83. The number of likely N-dealkylation sites (N-methyl/N-ethyl adjacent to an activating group) is 1. The Bertz CT molecular complexity index is 425. The fourth-order valence-electron chi connectivity index (χ4n) is 2.49. The van der Waals surface area contributed by atoms with Crippen LogP contribution in [-0.4, -0.2) is 54.1 Å². The van der Waals surface area contributed by atoms with Gasteiger partial charge in [-0.2, -0.15) is 4.98 Å². The van der Waals surface area contributed by atoms with E-state index in [1.807, 2.05) is 6.92 Å². The van der Waals surface area contributed by atoms with Crippen LogP contribution in [0.3, 0.4) is 0 Å². The number of hydrogen-bond donors (Lipinski definition) is 1. The second-order valence-electron chi connectivity index (χ2n) is 5.05. The summed E-state index contributed by atoms with van der Waals surface area (Å²) < 4.78 is 0. The Labute approximate surface area is 120 Å². The lowest BCUT2D eigenvalue weighted by molar-refractivity contribution is 0.337. The standard InChI is InChI=1S/C13H22ClN5/c1-4-15-13-16-8-11(14)12(17-13)19-7-5-6-18(3)9-10(19)2/h8,10H,4-7,9H2,1-3H3,(H,15,16,17). The van der Waals surface area contributed by atoms with Crippen molar-refractivity contribution in [2.75, 3.05) is 43.4 Å². The second-order valence-corrected chi connectivity index (χ2v) is 5.46. The molecule has 0 spiro atoms. The molecule has 1 saturated heterocycles. The number of hydrogen-bond acceptors (Lipinski definition) is 5. The Balaban J connectivity index is 2.25. The van der Waals surface area contributed by atoms with Crippen LogP contribution >= 0.6 is 11.6 Å². The Morgan fingerprint density at radius 1 is 1.47 bits per heavy atom. The highest BCUT2D eigenvalue weighted by Crippen LogP contribution is 2.26. The molecule has 0 saturated carbocycles. The van der Waals surface area contributed by atoms with Gasteiger partial charge in [-0.15, -0.1) is 0 Å². The van der Waals surface area contributed by atoms with Crippen LogP contribution in [-0.2, 0) is 0 Å². The summed E-state index contributed by atoms with van der Waals surface area (Å²) in [5.74, 6) is 1.49. The molecule has 0 aromatic carbocycles. The van der Waals surface area contributed by atoms with Gasteiger partial charge >= 0.3 is 0 Å². The largest absolute Gasteiger partial charge is 0.354 e. The molecule has 1 fully saturated rings. The number of aromatic nitrogens is 2. The van der Waals surface area contributed by atoms with Crippen LogP contribution < -0.4 is 10.2 Å². The van der Waals surface area contributed by atoms with E-state index in [9.17, 15) is 0 Å². The number of halogens is 1. The minimum Gasteiger partial charge on any atom is -0.354 e. The van der Waals surface area contributed by atoms with Crippen LogP contribution in [0.5, 0.6) is 0 Å². The third kappa shape index (κ3) is 3.48. The van der Waals surface area contributed by atoms with Crippen molar-refractivity contribution < 1.29 is 0 Å². The van der Waals surface area contributed by atoms with Gasteiger partial charge in [0, 0.05) is 25.7 Å². The van der Waals surface area contributed by atoms with Gasteiger partial charge < -0.3 is 15.1 Å². The molecule has 1 unspecified atom stereocenters. The zero-order valence-corrected chi connectivity index (χ0v) is 12.6. The van der Waals surface area contributed by atoms with E-state index < -0.39 is 0 Å². The van der Waals surface area contributed by atoms with E-state index in [4.69, 9.17) is 11.6 Å². The summed E-state index contributed by atoms with van der Waals surface area (Å²) in [6, 6.07) is 0.398. The maximum atomic E-state index is 6.28. The number of nitrogens with one attached hydrogen (secondary N) is 1. The van der Waals surface area contributed by atoms with Gasteiger partial charge in [-0.25, -0.2) is 4.98 Å². The van der Waals surface area contributed by atoms with E-state index in [1.54, 1.807) is 6.20 Å². The molecule has 5 nitrogen and oxygen atoms in total. The Hall–Kier alpha value is -1.07. The van der Waals surface area contributed by atoms with Crippen LogP contribution in [0, 0.1) is 0 Å². The van der Waals surface area contributed by atoms with Crippen molar-refractivity contribution in [2.24, 2.45) is 0 Å². The van der Waals surface area contributed by atoms with Crippen molar-refractivity contribution in [3.8, 4) is 0 Å². The molecule has 1 aromatic rings. The first-order chi connectivity index (χ1) is 9.11. The van der Waals surface area contributed by atoms with Gasteiger partial charge in [0.15, 0.2) is 5.82 Å². The summed E-state index contributed by atoms with van der Waals surface area (Å²) in [6.45, 7) is 8.17. The number of rotatable bonds is 3. The van der Waals surface area contributed by atoms with Crippen molar-refractivity contribution in [1.82, 2.24) is 14.9 Å². The molecule has 2 heterocycles. The molecule has 1 aliphatic heterocycles. The summed E-state index contributed by atoms with van der Waals surface area (Å²) in [6.07, 6.45) is 2.81. The van der Waals surface area contributed by atoms with Crippen LogP contribution in [0.1, 0.15) is 20.3 Å². The molecule has 0 aliphatic carbocycles. The van der Waals surface area contributed by atoms with Gasteiger partial charge in [-0.3, -0.25) is 0 Å². The predicted molar refractivity (Wildman–Crippen MR) is 80.1 cm³/mol. The van der Waals surface area contributed by atoms with Gasteiger partial charge in [-0.05, 0) is 33.9 Å². The van der Waals surface area contributed by atoms with E-state index in [1.165, 1.54) is 0 Å². The molecule has 2 rings (SSSR count). The van der Waals surface area contributed by atoms with E-state index >= 15 is 0 Å². The molecule has 0 radical (unpaired) electrons. The molecule has 0 bridgehead atoms. The lowest BCUT2D eigenvalue weighted by Gasteiger charge is -2.29. The van der Waals surface area contributed by atoms with Gasteiger partial charge in [0.2, 0.25) is 5.95 Å². The number of nitrogens with zero attached hydrogens (tertiary/aromatic N) is 4. The summed E-state index contributed by atoms with van der Waals surface area (Å²) in [7, 11) is 2.16. The lowest BCUT2D eigenvalue weighted by atomic mass is 10.2. The molecule has 106 valence electrons. The normalized spacial score (nSPS) is 21.3. The fourth-order valence-corrected chi connectivity index (χ4v) is 2.69. The first-order valence-corrected chi connectivity index (χ1v) is 7.21. The Morgan fingerprint density at radius 2 is 2.26 bits per heavy atom. The van der Waals surface area contributed by atoms with Gasteiger partial charge in [0.05, 0.1) is 6.20 Å². The minimum absolute atomic E-state index is 0.398. The fraction of sp³-hybridized carbons (Fsp3) is 0.692. The van der Waals surface area contributed by atoms with Crippen molar-refractivity contribution in [3.63, 3.8) is 0 Å². The zero-order valence-electron chi connectivity index (χ0n) is 11.9. The van der Waals surface area contributed by atoms with Crippen LogP contribution in [0.25, 0.3) is 0 Å². The first kappa shape index (κ1) is 14.3. The van der Waals surface area contributed by atoms with E-state index in [0.29, 0.717) is 17.0 Å². The van der Waals surface area contributed by atoms with Crippen molar-refractivity contribution >= 4 is 23.4 Å². The molecule has 1 aliphatic rings.